The summed E-state index contributed by atoms with van der Waals surface area (Å²) in [7, 11) is 0. The van der Waals surface area contributed by atoms with Gasteiger partial charge in [-0.1, -0.05) is 0 Å². The second kappa shape index (κ2) is 4.85. The van der Waals surface area contributed by atoms with Crippen LogP contribution in [0, 0.1) is 0 Å². The first-order chi connectivity index (χ1) is 13.7. The molecule has 2 aromatic heterocycles. The van der Waals surface area contributed by atoms with Gasteiger partial charge in [-0.3, -0.25) is 9.59 Å². The zero-order chi connectivity index (χ0) is 18.6. The zero-order valence-corrected chi connectivity index (χ0v) is 16.0. The van der Waals surface area contributed by atoms with Crippen LogP contribution in [0.25, 0.3) is 63.3 Å². The molecule has 0 radical (unpaired) electrons. The van der Waals surface area contributed by atoms with E-state index in [4.69, 9.17) is 0 Å². The van der Waals surface area contributed by atoms with Crippen LogP contribution in [0.4, 0.5) is 0 Å². The second-order valence-corrected chi connectivity index (χ2v) is 9.14. The summed E-state index contributed by atoms with van der Waals surface area (Å²) >= 11 is 3.34. The van der Waals surface area contributed by atoms with E-state index in [1.54, 1.807) is 22.7 Å². The summed E-state index contributed by atoms with van der Waals surface area (Å²) in [5.41, 5.74) is 0.110. The lowest BCUT2D eigenvalue weighted by Crippen LogP contribution is -1.95. The van der Waals surface area contributed by atoms with Crippen molar-refractivity contribution in [2.45, 2.75) is 0 Å². The van der Waals surface area contributed by atoms with E-state index in [0.29, 0.717) is 10.8 Å². The molecule has 7 rings (SSSR count). The SMILES string of the molecule is O=c1c2cc3c(cc2c2c1ccc1sccc12)c(=O)c1ccc2sccc2c13. The Morgan fingerprint density at radius 3 is 1.39 bits per heavy atom. The summed E-state index contributed by atoms with van der Waals surface area (Å²) in [6.45, 7) is 0. The Balaban J connectivity index is 1.83. The topological polar surface area (TPSA) is 34.1 Å². The van der Waals surface area contributed by atoms with Crippen LogP contribution in [-0.2, 0) is 0 Å². The normalized spacial score (nSPS) is 12.6. The van der Waals surface area contributed by atoms with E-state index >= 15 is 0 Å². The molecule has 0 bridgehead atoms. The Morgan fingerprint density at radius 2 is 0.929 bits per heavy atom. The average Bonchev–Trinajstić information content (AvgIpc) is 3.47. The number of thiophene rings is 2. The molecule has 2 heterocycles. The van der Waals surface area contributed by atoms with Crippen LogP contribution in [0.1, 0.15) is 0 Å². The third-order valence-corrected chi connectivity index (χ3v) is 7.71. The monoisotopic (exact) mass is 394 g/mol. The maximum Gasteiger partial charge on any atom is 0.194 e. The third-order valence-electron chi connectivity index (χ3n) is 5.95. The van der Waals surface area contributed by atoms with Crippen LogP contribution in [-0.4, -0.2) is 0 Å². The van der Waals surface area contributed by atoms with Crippen molar-refractivity contribution < 1.29 is 0 Å². The first-order valence-electron chi connectivity index (χ1n) is 9.01. The van der Waals surface area contributed by atoms with Gasteiger partial charge in [-0.2, -0.15) is 0 Å². The predicted octanol–water partition coefficient (Wildman–Crippen LogP) is 6.32. The van der Waals surface area contributed by atoms with Crippen molar-refractivity contribution in [2.24, 2.45) is 0 Å². The molecule has 2 nitrogen and oxygen atoms in total. The van der Waals surface area contributed by atoms with E-state index in [1.165, 1.54) is 0 Å². The minimum atomic E-state index is 0.0549. The molecule has 28 heavy (non-hydrogen) atoms. The van der Waals surface area contributed by atoms with Gasteiger partial charge in [-0.15, -0.1) is 22.7 Å². The predicted molar refractivity (Wildman–Crippen MR) is 122 cm³/mol. The first kappa shape index (κ1) is 14.9. The number of hydrogen-bond donors (Lipinski definition) is 0. The summed E-state index contributed by atoms with van der Waals surface area (Å²) in [4.78, 5) is 26.4. The number of fused-ring (bicyclic) bond motifs is 10. The van der Waals surface area contributed by atoms with Crippen LogP contribution in [0.3, 0.4) is 0 Å². The molecule has 0 amide bonds. The smallest absolute Gasteiger partial charge is 0.194 e. The number of hydrogen-bond acceptors (Lipinski definition) is 4. The highest BCUT2D eigenvalue weighted by Gasteiger charge is 2.19. The molecule has 0 aliphatic carbocycles. The maximum absolute atomic E-state index is 13.2. The Hall–Kier alpha value is -3.08. The van der Waals surface area contributed by atoms with Gasteiger partial charge in [-0.05, 0) is 70.1 Å². The third kappa shape index (κ3) is 1.60. The minimum absolute atomic E-state index is 0.0549. The van der Waals surface area contributed by atoms with Gasteiger partial charge in [0.15, 0.2) is 10.9 Å². The van der Waals surface area contributed by atoms with Gasteiger partial charge in [0.25, 0.3) is 0 Å². The fourth-order valence-corrected chi connectivity index (χ4v) is 6.31. The molecule has 0 atom stereocenters. The van der Waals surface area contributed by atoms with Crippen LogP contribution < -0.4 is 10.9 Å². The molecule has 0 aliphatic rings. The van der Waals surface area contributed by atoms with Crippen molar-refractivity contribution in [3.05, 3.63) is 79.7 Å². The maximum atomic E-state index is 13.2. The zero-order valence-electron chi connectivity index (χ0n) is 14.4. The van der Waals surface area contributed by atoms with Gasteiger partial charge in [0.05, 0.1) is 0 Å². The van der Waals surface area contributed by atoms with E-state index in [1.807, 2.05) is 36.4 Å². The summed E-state index contributed by atoms with van der Waals surface area (Å²) < 4.78 is 2.32. The van der Waals surface area contributed by atoms with E-state index in [9.17, 15) is 9.59 Å². The Kier molecular flexibility index (Phi) is 2.58. The van der Waals surface area contributed by atoms with Crippen LogP contribution in [0.5, 0.6) is 0 Å². The lowest BCUT2D eigenvalue weighted by Gasteiger charge is -1.97. The van der Waals surface area contributed by atoms with Gasteiger partial charge < -0.3 is 0 Å². The van der Waals surface area contributed by atoms with E-state index in [-0.39, 0.29) is 10.9 Å². The Bertz CT molecular complexity index is 1720. The molecular weight excluding hydrogens is 384 g/mol. The highest BCUT2D eigenvalue weighted by molar-refractivity contribution is 7.17. The van der Waals surface area contributed by atoms with Crippen molar-refractivity contribution in [1.29, 1.82) is 0 Å². The molecule has 130 valence electrons. The van der Waals surface area contributed by atoms with Crippen molar-refractivity contribution in [3.8, 4) is 0 Å². The van der Waals surface area contributed by atoms with Gasteiger partial charge in [0.2, 0.25) is 0 Å². The molecule has 0 unspecified atom stereocenters. The van der Waals surface area contributed by atoms with Crippen LogP contribution in [0.15, 0.2) is 68.9 Å². The standard InChI is InChI=1S/C24H10O2S2/c25-23-13-1-3-19-11(5-7-27-19)21(13)15-9-18-16(10-17(15)23)22-12-6-8-28-20(12)4-2-14(22)24(18)26/h1-10H. The summed E-state index contributed by atoms with van der Waals surface area (Å²) in [5, 5.41) is 12.9. The molecule has 0 fully saturated rings. The van der Waals surface area contributed by atoms with Gasteiger partial charge in [0.1, 0.15) is 0 Å². The highest BCUT2D eigenvalue weighted by atomic mass is 32.1. The van der Waals surface area contributed by atoms with Crippen LogP contribution in [0.2, 0.25) is 0 Å². The minimum Gasteiger partial charge on any atom is -0.289 e. The van der Waals surface area contributed by atoms with Crippen molar-refractivity contribution in [1.82, 2.24) is 0 Å². The van der Waals surface area contributed by atoms with Gasteiger partial charge >= 0.3 is 0 Å². The Labute approximate surface area is 165 Å². The lowest BCUT2D eigenvalue weighted by atomic mass is 10.0. The lowest BCUT2D eigenvalue weighted by molar-refractivity contribution is 1.85. The fraction of sp³-hybridized carbons (Fsp3) is 0. The average molecular weight is 394 g/mol. The van der Waals surface area contributed by atoms with Crippen molar-refractivity contribution >= 4 is 85.9 Å². The molecule has 5 aromatic carbocycles. The Morgan fingerprint density at radius 1 is 0.464 bits per heavy atom. The van der Waals surface area contributed by atoms with Gasteiger partial charge in [-0.25, -0.2) is 0 Å². The van der Waals surface area contributed by atoms with E-state index in [0.717, 1.165) is 52.5 Å². The number of rotatable bonds is 0. The van der Waals surface area contributed by atoms with Crippen LogP contribution >= 0.6 is 22.7 Å². The first-order valence-corrected chi connectivity index (χ1v) is 10.8. The van der Waals surface area contributed by atoms with E-state index < -0.39 is 0 Å². The fourth-order valence-electron chi connectivity index (χ4n) is 4.73. The molecular formula is C24H10O2S2. The van der Waals surface area contributed by atoms with Crippen molar-refractivity contribution in [2.75, 3.05) is 0 Å². The summed E-state index contributed by atoms with van der Waals surface area (Å²) in [6, 6.07) is 15.9. The number of benzene rings is 3. The molecule has 7 aromatic rings. The van der Waals surface area contributed by atoms with Gasteiger partial charge in [0, 0.05) is 52.5 Å². The largest absolute Gasteiger partial charge is 0.289 e. The molecule has 0 saturated heterocycles. The molecule has 0 N–H and O–H groups in total. The summed E-state index contributed by atoms with van der Waals surface area (Å²) in [5.74, 6) is 0. The second-order valence-electron chi connectivity index (χ2n) is 7.24. The molecule has 4 heteroatoms. The highest BCUT2D eigenvalue weighted by Crippen LogP contribution is 2.39. The molecule has 0 aliphatic heterocycles. The summed E-state index contributed by atoms with van der Waals surface area (Å²) in [6.07, 6.45) is 0. The molecule has 0 saturated carbocycles. The van der Waals surface area contributed by atoms with E-state index in [2.05, 4.69) is 22.9 Å². The quantitative estimate of drug-likeness (QED) is 0.301. The molecule has 0 spiro atoms. The van der Waals surface area contributed by atoms with Crippen molar-refractivity contribution in [3.63, 3.8) is 0 Å².